The van der Waals surface area contributed by atoms with Crippen LogP contribution in [0.25, 0.3) is 0 Å². The first-order chi connectivity index (χ1) is 24.7. The summed E-state index contributed by atoms with van der Waals surface area (Å²) in [6, 6.07) is 15.0. The Bertz CT molecular complexity index is 1890. The average Bonchev–Trinajstić information content (AvgIpc) is 3.10. The fraction of sp³-hybridized carbons (Fsp3) is 0.389. The van der Waals surface area contributed by atoms with E-state index in [1.54, 1.807) is 36.4 Å². The molecule has 3 aromatic carbocycles. The topological polar surface area (TPSA) is 181 Å². The average molecular weight is 743 g/mol. The van der Waals surface area contributed by atoms with Crippen molar-refractivity contribution in [1.29, 1.82) is 0 Å². The van der Waals surface area contributed by atoms with Crippen molar-refractivity contribution < 1.29 is 51.3 Å². The van der Waals surface area contributed by atoms with Crippen molar-refractivity contribution in [3.8, 4) is 17.2 Å². The number of aliphatic carboxylic acids is 1. The second kappa shape index (κ2) is 17.9. The molecule has 0 aromatic heterocycles. The molecule has 2 aliphatic rings. The molecular formula is C36H43FN4O10S. The quantitative estimate of drug-likeness (QED) is 0.325. The van der Waals surface area contributed by atoms with E-state index in [1.165, 1.54) is 29.9 Å². The lowest BCUT2D eigenvalue weighted by molar-refractivity contribution is -0.137. The molecule has 0 spiro atoms. The van der Waals surface area contributed by atoms with Gasteiger partial charge in [-0.1, -0.05) is 19.1 Å². The Balaban J connectivity index is 0.00000144. The van der Waals surface area contributed by atoms with Crippen LogP contribution in [0.4, 0.5) is 4.39 Å². The first kappa shape index (κ1) is 39.7. The summed E-state index contributed by atoms with van der Waals surface area (Å²) in [5, 5.41) is 10.4. The lowest BCUT2D eigenvalue weighted by Gasteiger charge is -2.39. The van der Waals surface area contributed by atoms with Crippen LogP contribution in [0, 0.1) is 12.7 Å². The third-order valence-corrected chi connectivity index (χ3v) is 9.63. The summed E-state index contributed by atoms with van der Waals surface area (Å²) in [6.45, 7) is 4.53. The van der Waals surface area contributed by atoms with Gasteiger partial charge < -0.3 is 34.4 Å². The fourth-order valence-corrected chi connectivity index (χ4v) is 6.72. The van der Waals surface area contributed by atoms with E-state index in [0.717, 1.165) is 24.6 Å². The first-order valence-corrected chi connectivity index (χ1v) is 18.1. The zero-order valence-electron chi connectivity index (χ0n) is 29.4. The Morgan fingerprint density at radius 1 is 1.12 bits per heavy atom. The van der Waals surface area contributed by atoms with E-state index in [4.69, 9.17) is 24.1 Å². The molecule has 0 radical (unpaired) electrons. The van der Waals surface area contributed by atoms with Crippen molar-refractivity contribution in [1.82, 2.24) is 19.8 Å². The van der Waals surface area contributed by atoms with Crippen LogP contribution < -0.4 is 19.5 Å². The minimum absolute atomic E-state index is 0.0801. The fourth-order valence-electron chi connectivity index (χ4n) is 5.66. The molecule has 2 atom stereocenters. The molecular weight excluding hydrogens is 699 g/mol. The van der Waals surface area contributed by atoms with Gasteiger partial charge in [-0.25, -0.2) is 17.5 Å². The van der Waals surface area contributed by atoms with Gasteiger partial charge in [-0.05, 0) is 79.4 Å². The molecule has 14 nitrogen and oxygen atoms in total. The molecule has 5 rings (SSSR count). The molecule has 16 heteroatoms. The number of aryl methyl sites for hydroxylation is 1. The van der Waals surface area contributed by atoms with Crippen molar-refractivity contribution in [2.24, 2.45) is 0 Å². The molecule has 3 aromatic rings. The number of nitrogens with zero attached hydrogens (tertiary/aromatic N) is 2. The Labute approximate surface area is 301 Å². The number of rotatable bonds is 7. The highest BCUT2D eigenvalue weighted by Crippen LogP contribution is 2.33. The summed E-state index contributed by atoms with van der Waals surface area (Å²) in [4.78, 5) is 52.0. The van der Waals surface area contributed by atoms with E-state index in [1.807, 2.05) is 13.0 Å². The summed E-state index contributed by atoms with van der Waals surface area (Å²) >= 11 is 0. The van der Waals surface area contributed by atoms with Crippen LogP contribution in [0.15, 0.2) is 65.6 Å². The molecule has 0 aliphatic carbocycles. The van der Waals surface area contributed by atoms with E-state index < -0.39 is 46.4 Å². The number of benzene rings is 3. The molecule has 4 bridgehead atoms. The normalized spacial score (nSPS) is 17.9. The molecule has 2 aliphatic heterocycles. The number of hydrogen-bond donors (Lipinski definition) is 3. The van der Waals surface area contributed by atoms with Crippen LogP contribution in [0.2, 0.25) is 0 Å². The highest BCUT2D eigenvalue weighted by molar-refractivity contribution is 7.89. The maximum atomic E-state index is 13.7. The number of fused-ring (bicyclic) bond motifs is 5. The monoisotopic (exact) mass is 742 g/mol. The molecule has 3 N–H and O–H groups in total. The number of carboxylic acid groups (broad SMARTS) is 1. The number of methoxy groups -OCH3 is 1. The van der Waals surface area contributed by atoms with E-state index in [9.17, 15) is 27.2 Å². The van der Waals surface area contributed by atoms with Crippen LogP contribution in [-0.4, -0.2) is 99.0 Å². The second-order valence-electron chi connectivity index (χ2n) is 12.2. The van der Waals surface area contributed by atoms with Crippen molar-refractivity contribution in [3.05, 3.63) is 83.2 Å². The number of amides is 3. The SMILES string of the molecule is CC(=O)O.CCCN1CC(=O)N[C@H]2CCN(C(=O)CNS(=O)(=O)c3ccc(F)c(C)c3)C[C@@H]2OCc2cccc(c2)Oc2cc(ccc2OC)C1=O. The molecule has 52 heavy (non-hydrogen) atoms. The van der Waals surface area contributed by atoms with Crippen LogP contribution in [0.5, 0.6) is 17.2 Å². The minimum atomic E-state index is -4.07. The lowest BCUT2D eigenvalue weighted by Crippen LogP contribution is -2.58. The van der Waals surface area contributed by atoms with Crippen LogP contribution >= 0.6 is 0 Å². The van der Waals surface area contributed by atoms with Gasteiger partial charge in [0.2, 0.25) is 21.8 Å². The number of carbonyl (C=O) groups is 4. The van der Waals surface area contributed by atoms with Gasteiger partial charge in [0, 0.05) is 32.1 Å². The Hall–Kier alpha value is -5.06. The third kappa shape index (κ3) is 10.7. The predicted molar refractivity (Wildman–Crippen MR) is 187 cm³/mol. The summed E-state index contributed by atoms with van der Waals surface area (Å²) in [7, 11) is -2.57. The van der Waals surface area contributed by atoms with Crippen molar-refractivity contribution in [2.75, 3.05) is 39.8 Å². The van der Waals surface area contributed by atoms with Gasteiger partial charge in [-0.3, -0.25) is 19.2 Å². The Kier molecular flexibility index (Phi) is 13.7. The first-order valence-electron chi connectivity index (χ1n) is 16.6. The molecule has 1 fully saturated rings. The van der Waals surface area contributed by atoms with Crippen molar-refractivity contribution in [2.45, 2.75) is 57.3 Å². The summed E-state index contributed by atoms with van der Waals surface area (Å²) < 4.78 is 59.5. The van der Waals surface area contributed by atoms with Gasteiger partial charge >= 0.3 is 0 Å². The number of sulfonamides is 1. The number of nitrogens with one attached hydrogen (secondary N) is 2. The van der Waals surface area contributed by atoms with Crippen molar-refractivity contribution in [3.63, 3.8) is 0 Å². The highest BCUT2D eigenvalue weighted by atomic mass is 32.2. The van der Waals surface area contributed by atoms with Crippen LogP contribution in [0.1, 0.15) is 48.2 Å². The van der Waals surface area contributed by atoms with Gasteiger partial charge in [-0.2, -0.15) is 0 Å². The molecule has 1 saturated heterocycles. The largest absolute Gasteiger partial charge is 0.493 e. The van der Waals surface area contributed by atoms with Gasteiger partial charge in [0.25, 0.3) is 11.9 Å². The Morgan fingerprint density at radius 2 is 1.87 bits per heavy atom. The zero-order valence-corrected chi connectivity index (χ0v) is 30.2. The van der Waals surface area contributed by atoms with Gasteiger partial charge in [-0.15, -0.1) is 0 Å². The summed E-state index contributed by atoms with van der Waals surface area (Å²) in [6.07, 6.45) is 0.310. The van der Waals surface area contributed by atoms with E-state index in [-0.39, 0.29) is 48.5 Å². The predicted octanol–water partition coefficient (Wildman–Crippen LogP) is 3.47. The summed E-state index contributed by atoms with van der Waals surface area (Å²) in [5.74, 6) is -1.31. The highest BCUT2D eigenvalue weighted by Gasteiger charge is 2.34. The number of carboxylic acids is 1. The summed E-state index contributed by atoms with van der Waals surface area (Å²) in [5.41, 5.74) is 1.27. The van der Waals surface area contributed by atoms with E-state index in [2.05, 4.69) is 10.0 Å². The van der Waals surface area contributed by atoms with Gasteiger partial charge in [0.1, 0.15) is 11.6 Å². The third-order valence-electron chi connectivity index (χ3n) is 8.23. The number of hydrogen-bond acceptors (Lipinski definition) is 9. The van der Waals surface area contributed by atoms with E-state index in [0.29, 0.717) is 42.2 Å². The Morgan fingerprint density at radius 3 is 2.56 bits per heavy atom. The van der Waals surface area contributed by atoms with Crippen LogP contribution in [0.3, 0.4) is 0 Å². The number of piperidine rings is 1. The number of ether oxygens (including phenoxy) is 3. The van der Waals surface area contributed by atoms with Crippen molar-refractivity contribution >= 4 is 33.7 Å². The molecule has 280 valence electrons. The minimum Gasteiger partial charge on any atom is -0.493 e. The maximum Gasteiger partial charge on any atom is 0.300 e. The standard InChI is InChI=1S/C34H39FN4O8S.C2H4O2/c1-4-13-39-20-32(40)37-28-12-14-38(33(41)18-36-48(43,44)26-9-10-27(35)22(2)15-26)19-31(28)46-21-23-6-5-7-25(16-23)47-30-17-24(34(39)42)8-11-29(30)45-3;1-2(3)4/h5-11,15-17,28,31,36H,4,12-14,18-21H2,1-3H3,(H,37,40);1H3,(H,3,4)/t28-,31-;/m0./s1. The molecule has 0 saturated carbocycles. The maximum absolute atomic E-state index is 13.7. The van der Waals surface area contributed by atoms with Crippen LogP contribution in [-0.2, 0) is 35.8 Å². The van der Waals surface area contributed by atoms with Gasteiger partial charge in [0.05, 0.1) is 43.8 Å². The smallest absolute Gasteiger partial charge is 0.300 e. The molecule has 2 heterocycles. The van der Waals surface area contributed by atoms with E-state index >= 15 is 0 Å². The molecule has 0 unspecified atom stereocenters. The number of carbonyl (C=O) groups excluding carboxylic acids is 3. The zero-order chi connectivity index (χ0) is 38.0. The van der Waals surface area contributed by atoms with Gasteiger partial charge in [0.15, 0.2) is 11.5 Å². The number of halogens is 1. The lowest BCUT2D eigenvalue weighted by atomic mass is 10.0. The number of likely N-dealkylation sites (tertiary alicyclic amines) is 1. The molecule has 3 amide bonds. The second-order valence-corrected chi connectivity index (χ2v) is 14.0.